The third kappa shape index (κ3) is 9.02. The zero-order valence-corrected chi connectivity index (χ0v) is 15.3. The van der Waals surface area contributed by atoms with Gasteiger partial charge in [0, 0.05) is 25.3 Å². The second kappa shape index (κ2) is 13.2. The van der Waals surface area contributed by atoms with E-state index in [1.165, 1.54) is 0 Å². The average Bonchev–Trinajstić information content (AvgIpc) is 2.59. The maximum atomic E-state index is 4.45. The Morgan fingerprint density at radius 2 is 1.08 bits per heavy atom. The van der Waals surface area contributed by atoms with Crippen molar-refractivity contribution in [2.24, 2.45) is 0 Å². The molecule has 0 radical (unpaired) electrons. The van der Waals surface area contributed by atoms with Crippen LogP contribution in [-0.2, 0) is 0 Å². The van der Waals surface area contributed by atoms with Gasteiger partial charge in [0.2, 0.25) is 5.82 Å². The summed E-state index contributed by atoms with van der Waals surface area (Å²) in [6, 6.07) is 1.87. The van der Waals surface area contributed by atoms with Crippen LogP contribution in [0.25, 0.3) is 0 Å². The van der Waals surface area contributed by atoms with E-state index in [1.807, 2.05) is 6.07 Å². The highest BCUT2D eigenvalue weighted by atomic mass is 14.9. The largest absolute Gasteiger partial charge is 0.212 e. The van der Waals surface area contributed by atoms with Crippen molar-refractivity contribution in [3.05, 3.63) is 23.3 Å². The zero-order valence-electron chi connectivity index (χ0n) is 15.3. The predicted octanol–water partition coefficient (Wildman–Crippen LogP) is 5.10. The van der Waals surface area contributed by atoms with E-state index in [4.69, 9.17) is 0 Å². The lowest BCUT2D eigenvalue weighted by atomic mass is 10.2. The lowest BCUT2D eigenvalue weighted by molar-refractivity contribution is 0.827. The van der Waals surface area contributed by atoms with Gasteiger partial charge in [-0.05, 0) is 37.0 Å². The van der Waals surface area contributed by atoms with Crippen molar-refractivity contribution in [3.8, 4) is 35.5 Å². The molecule has 0 aliphatic carbocycles. The fourth-order valence-electron chi connectivity index (χ4n) is 1.87. The molecule has 0 bridgehead atoms. The second-order valence-corrected chi connectivity index (χ2v) is 5.68. The molecule has 0 unspecified atom stereocenters. The first kappa shape index (κ1) is 19.8. The Labute approximate surface area is 147 Å². The van der Waals surface area contributed by atoms with Gasteiger partial charge in [0.15, 0.2) is 0 Å². The Morgan fingerprint density at radius 3 is 1.50 bits per heavy atom. The first-order valence-corrected chi connectivity index (χ1v) is 9.15. The van der Waals surface area contributed by atoms with Crippen molar-refractivity contribution in [2.45, 2.75) is 78.6 Å². The van der Waals surface area contributed by atoms with Crippen LogP contribution in [0.1, 0.15) is 95.8 Å². The molecule has 0 N–H and O–H groups in total. The highest BCUT2D eigenvalue weighted by Crippen LogP contribution is 2.01. The Hall–Kier alpha value is -2.24. The molecule has 1 heterocycles. The molecule has 0 atom stereocenters. The highest BCUT2D eigenvalue weighted by Gasteiger charge is 1.99. The number of hydrogen-bond acceptors (Lipinski definition) is 2. The van der Waals surface area contributed by atoms with E-state index in [0.717, 1.165) is 69.2 Å². The minimum atomic E-state index is 0.535. The Kier molecular flexibility index (Phi) is 10.9. The SMILES string of the molecule is CCCCC#Cc1cc(C#CCCCC)nc(C#CCCCC)n1. The van der Waals surface area contributed by atoms with E-state index in [9.17, 15) is 0 Å². The summed E-state index contributed by atoms with van der Waals surface area (Å²) in [5.74, 6) is 19.3. The van der Waals surface area contributed by atoms with Gasteiger partial charge in [-0.15, -0.1) is 0 Å². The molecule has 2 nitrogen and oxygen atoms in total. The molecule has 0 saturated heterocycles. The fraction of sp³-hybridized carbons (Fsp3) is 0.545. The summed E-state index contributed by atoms with van der Waals surface area (Å²) in [5, 5.41) is 0. The van der Waals surface area contributed by atoms with Gasteiger partial charge in [0.1, 0.15) is 11.4 Å². The van der Waals surface area contributed by atoms with E-state index in [2.05, 4.69) is 66.3 Å². The standard InChI is InChI=1S/C22H28N2/c1-4-7-10-13-16-20-19-21(17-14-11-8-5-2)24-22(23-20)18-15-12-9-6-3/h19H,4-12H2,1-3H3. The van der Waals surface area contributed by atoms with Crippen LogP contribution in [0, 0.1) is 35.5 Å². The van der Waals surface area contributed by atoms with Crippen molar-refractivity contribution < 1.29 is 0 Å². The predicted molar refractivity (Wildman–Crippen MR) is 101 cm³/mol. The van der Waals surface area contributed by atoms with Crippen molar-refractivity contribution >= 4 is 0 Å². The average molecular weight is 320 g/mol. The van der Waals surface area contributed by atoms with Crippen molar-refractivity contribution in [1.82, 2.24) is 9.97 Å². The number of nitrogens with zero attached hydrogens (tertiary/aromatic N) is 2. The summed E-state index contributed by atoms with van der Waals surface area (Å²) < 4.78 is 0. The van der Waals surface area contributed by atoms with Gasteiger partial charge in [0.25, 0.3) is 0 Å². The summed E-state index contributed by atoms with van der Waals surface area (Å²) >= 11 is 0. The zero-order chi connectivity index (χ0) is 17.5. The summed E-state index contributed by atoms with van der Waals surface area (Å²) in [7, 11) is 0. The molecule has 0 amide bonds. The molecule has 1 aromatic heterocycles. The molecule has 126 valence electrons. The van der Waals surface area contributed by atoms with Crippen molar-refractivity contribution in [2.75, 3.05) is 0 Å². The van der Waals surface area contributed by atoms with Gasteiger partial charge >= 0.3 is 0 Å². The molecule has 0 aliphatic heterocycles. The minimum Gasteiger partial charge on any atom is -0.212 e. The van der Waals surface area contributed by atoms with Gasteiger partial charge in [-0.3, -0.25) is 0 Å². The molecule has 0 spiro atoms. The van der Waals surface area contributed by atoms with Crippen LogP contribution in [0.2, 0.25) is 0 Å². The molecule has 2 heteroatoms. The molecule has 24 heavy (non-hydrogen) atoms. The minimum absolute atomic E-state index is 0.535. The van der Waals surface area contributed by atoms with Crippen LogP contribution >= 0.6 is 0 Å². The Morgan fingerprint density at radius 1 is 0.667 bits per heavy atom. The molecule has 0 aromatic carbocycles. The molecule has 0 fully saturated rings. The van der Waals surface area contributed by atoms with E-state index in [1.54, 1.807) is 0 Å². The van der Waals surface area contributed by atoms with Crippen molar-refractivity contribution in [3.63, 3.8) is 0 Å². The first-order chi connectivity index (χ1) is 11.8. The maximum absolute atomic E-state index is 4.45. The fourth-order valence-corrected chi connectivity index (χ4v) is 1.87. The van der Waals surface area contributed by atoms with Gasteiger partial charge in [-0.2, -0.15) is 0 Å². The van der Waals surface area contributed by atoms with Gasteiger partial charge < -0.3 is 0 Å². The van der Waals surface area contributed by atoms with Gasteiger partial charge in [-0.25, -0.2) is 9.97 Å². The van der Waals surface area contributed by atoms with Gasteiger partial charge in [0.05, 0.1) is 0 Å². The number of rotatable bonds is 6. The summed E-state index contributed by atoms with van der Waals surface area (Å²) in [6.07, 6.45) is 9.47. The summed E-state index contributed by atoms with van der Waals surface area (Å²) in [5.41, 5.74) is 1.45. The van der Waals surface area contributed by atoms with E-state index in [-0.39, 0.29) is 0 Å². The van der Waals surface area contributed by atoms with Crippen LogP contribution in [-0.4, -0.2) is 9.97 Å². The topological polar surface area (TPSA) is 25.8 Å². The number of unbranched alkanes of at least 4 members (excludes halogenated alkanes) is 6. The third-order valence-corrected chi connectivity index (χ3v) is 3.33. The summed E-state index contributed by atoms with van der Waals surface area (Å²) in [6.45, 7) is 6.50. The van der Waals surface area contributed by atoms with Crippen LogP contribution in [0.15, 0.2) is 6.07 Å². The maximum Gasteiger partial charge on any atom is 0.207 e. The van der Waals surface area contributed by atoms with Crippen LogP contribution < -0.4 is 0 Å². The monoisotopic (exact) mass is 320 g/mol. The Balaban J connectivity index is 2.95. The van der Waals surface area contributed by atoms with E-state index in [0.29, 0.717) is 5.82 Å². The van der Waals surface area contributed by atoms with Crippen molar-refractivity contribution in [1.29, 1.82) is 0 Å². The molecule has 0 saturated carbocycles. The highest BCUT2D eigenvalue weighted by molar-refractivity contribution is 5.38. The quantitative estimate of drug-likeness (QED) is 0.538. The molecule has 1 aromatic rings. The second-order valence-electron chi connectivity index (χ2n) is 5.68. The van der Waals surface area contributed by atoms with Crippen LogP contribution in [0.3, 0.4) is 0 Å². The Bertz CT molecular complexity index is 562. The van der Waals surface area contributed by atoms with Crippen LogP contribution in [0.4, 0.5) is 0 Å². The number of aromatic nitrogens is 2. The lowest BCUT2D eigenvalue weighted by Crippen LogP contribution is -1.96. The normalized spacial score (nSPS) is 9.12. The molecule has 0 aliphatic rings. The van der Waals surface area contributed by atoms with Gasteiger partial charge in [-0.1, -0.05) is 57.8 Å². The molecular formula is C22H28N2. The lowest BCUT2D eigenvalue weighted by Gasteiger charge is -1.96. The number of hydrogen-bond donors (Lipinski definition) is 0. The van der Waals surface area contributed by atoms with E-state index < -0.39 is 0 Å². The smallest absolute Gasteiger partial charge is 0.207 e. The molecular weight excluding hydrogens is 292 g/mol. The first-order valence-electron chi connectivity index (χ1n) is 9.15. The molecule has 1 rings (SSSR count). The van der Waals surface area contributed by atoms with Crippen LogP contribution in [0.5, 0.6) is 0 Å². The summed E-state index contributed by atoms with van der Waals surface area (Å²) in [4.78, 5) is 8.89. The third-order valence-electron chi connectivity index (χ3n) is 3.33. The van der Waals surface area contributed by atoms with E-state index >= 15 is 0 Å².